The fourth-order valence-electron chi connectivity index (χ4n) is 1.38. The predicted molar refractivity (Wildman–Crippen MR) is 42.4 cm³/mol. The summed E-state index contributed by atoms with van der Waals surface area (Å²) in [6.45, 7) is 0. The monoisotopic (exact) mass is 193 g/mol. The van der Waals surface area contributed by atoms with Crippen molar-refractivity contribution in [2.45, 2.75) is 12.5 Å². The van der Waals surface area contributed by atoms with Crippen molar-refractivity contribution in [3.63, 3.8) is 0 Å². The van der Waals surface area contributed by atoms with Crippen molar-refractivity contribution in [3.05, 3.63) is 0 Å². The van der Waals surface area contributed by atoms with Gasteiger partial charge in [0.05, 0.1) is 17.9 Å². The van der Waals surface area contributed by atoms with E-state index in [4.69, 9.17) is 10.8 Å². The molecule has 1 heterocycles. The first-order valence-corrected chi connectivity index (χ1v) is 5.40. The molecule has 0 aromatic carbocycles. The topological polar surface area (TPSA) is 97.5 Å². The van der Waals surface area contributed by atoms with Crippen LogP contribution in [0.2, 0.25) is 0 Å². The van der Waals surface area contributed by atoms with E-state index >= 15 is 0 Å². The molecule has 1 saturated heterocycles. The highest BCUT2D eigenvalue weighted by Gasteiger charge is 2.36. The summed E-state index contributed by atoms with van der Waals surface area (Å²) in [5, 5.41) is 8.41. The molecular weight excluding hydrogens is 182 g/mol. The van der Waals surface area contributed by atoms with Gasteiger partial charge in [-0.15, -0.1) is 0 Å². The van der Waals surface area contributed by atoms with E-state index in [-0.39, 0.29) is 17.9 Å². The van der Waals surface area contributed by atoms with Crippen LogP contribution in [-0.4, -0.2) is 37.0 Å². The van der Waals surface area contributed by atoms with Crippen molar-refractivity contribution in [1.29, 1.82) is 0 Å². The molecule has 0 radical (unpaired) electrons. The zero-order valence-electron chi connectivity index (χ0n) is 6.43. The number of rotatable bonds is 2. The lowest BCUT2D eigenvalue weighted by Crippen LogP contribution is -2.30. The Morgan fingerprint density at radius 2 is 2.08 bits per heavy atom. The van der Waals surface area contributed by atoms with Crippen molar-refractivity contribution < 1.29 is 18.3 Å². The minimum absolute atomic E-state index is 0.0784. The molecule has 0 saturated carbocycles. The Labute approximate surface area is 70.5 Å². The average molecular weight is 193 g/mol. The maximum Gasteiger partial charge on any atom is 0.303 e. The summed E-state index contributed by atoms with van der Waals surface area (Å²) in [7, 11) is -3.08. The van der Waals surface area contributed by atoms with Gasteiger partial charge in [0.2, 0.25) is 0 Å². The van der Waals surface area contributed by atoms with Gasteiger partial charge in [-0.1, -0.05) is 0 Å². The number of carboxylic acids is 1. The maximum atomic E-state index is 11.0. The van der Waals surface area contributed by atoms with E-state index in [1.807, 2.05) is 0 Å². The Bertz CT molecular complexity index is 284. The average Bonchev–Trinajstić information content (AvgIpc) is 2.03. The van der Waals surface area contributed by atoms with Crippen LogP contribution in [0, 0.1) is 5.92 Å². The number of carboxylic acid groups (broad SMARTS) is 1. The SMILES string of the molecule is N[C@@H]1CS(=O)(=O)C[C@H]1CC(=O)O. The van der Waals surface area contributed by atoms with E-state index < -0.39 is 27.8 Å². The summed E-state index contributed by atoms with van der Waals surface area (Å²) in [6.07, 6.45) is -0.152. The van der Waals surface area contributed by atoms with E-state index in [0.29, 0.717) is 0 Å². The van der Waals surface area contributed by atoms with Crippen molar-refractivity contribution in [2.24, 2.45) is 11.7 Å². The zero-order valence-corrected chi connectivity index (χ0v) is 7.25. The first-order valence-electron chi connectivity index (χ1n) is 3.58. The van der Waals surface area contributed by atoms with Crippen LogP contribution < -0.4 is 5.73 Å². The third kappa shape index (κ3) is 2.18. The van der Waals surface area contributed by atoms with Gasteiger partial charge in [0.15, 0.2) is 9.84 Å². The van der Waals surface area contributed by atoms with Gasteiger partial charge in [0.1, 0.15) is 0 Å². The smallest absolute Gasteiger partial charge is 0.303 e. The van der Waals surface area contributed by atoms with Crippen LogP contribution in [-0.2, 0) is 14.6 Å². The Balaban J connectivity index is 2.64. The van der Waals surface area contributed by atoms with Gasteiger partial charge in [0.25, 0.3) is 0 Å². The highest BCUT2D eigenvalue weighted by atomic mass is 32.2. The minimum Gasteiger partial charge on any atom is -0.481 e. The normalized spacial score (nSPS) is 33.4. The van der Waals surface area contributed by atoms with Crippen LogP contribution in [0.25, 0.3) is 0 Å². The molecule has 0 amide bonds. The summed E-state index contributed by atoms with van der Waals surface area (Å²) in [5.41, 5.74) is 5.46. The number of sulfone groups is 1. The molecule has 0 unspecified atom stereocenters. The van der Waals surface area contributed by atoms with Gasteiger partial charge < -0.3 is 10.8 Å². The van der Waals surface area contributed by atoms with Gasteiger partial charge in [-0.3, -0.25) is 4.79 Å². The lowest BCUT2D eigenvalue weighted by atomic mass is 10.0. The molecule has 0 bridgehead atoms. The molecule has 1 aliphatic rings. The fourth-order valence-corrected chi connectivity index (χ4v) is 3.39. The van der Waals surface area contributed by atoms with Crippen molar-refractivity contribution in [3.8, 4) is 0 Å². The highest BCUT2D eigenvalue weighted by molar-refractivity contribution is 7.91. The predicted octanol–water partition coefficient (Wildman–Crippen LogP) is -1.17. The fraction of sp³-hybridized carbons (Fsp3) is 0.833. The van der Waals surface area contributed by atoms with Gasteiger partial charge >= 0.3 is 5.97 Å². The van der Waals surface area contributed by atoms with E-state index in [9.17, 15) is 13.2 Å². The van der Waals surface area contributed by atoms with Crippen molar-refractivity contribution in [2.75, 3.05) is 11.5 Å². The lowest BCUT2D eigenvalue weighted by molar-refractivity contribution is -0.138. The summed E-state index contributed by atoms with van der Waals surface area (Å²) < 4.78 is 21.9. The third-order valence-electron chi connectivity index (χ3n) is 1.96. The van der Waals surface area contributed by atoms with Gasteiger partial charge in [0, 0.05) is 6.04 Å². The van der Waals surface area contributed by atoms with Gasteiger partial charge in [-0.25, -0.2) is 8.42 Å². The number of aliphatic carboxylic acids is 1. The Morgan fingerprint density at radius 3 is 2.42 bits per heavy atom. The van der Waals surface area contributed by atoms with Crippen LogP contribution >= 0.6 is 0 Å². The molecule has 1 aliphatic heterocycles. The zero-order chi connectivity index (χ0) is 9.35. The summed E-state index contributed by atoms with van der Waals surface area (Å²) >= 11 is 0. The molecular formula is C6H11NO4S. The lowest BCUT2D eigenvalue weighted by Gasteiger charge is -2.08. The minimum atomic E-state index is -3.08. The second-order valence-electron chi connectivity index (χ2n) is 3.10. The second kappa shape index (κ2) is 3.02. The molecule has 0 aliphatic carbocycles. The first-order chi connectivity index (χ1) is 5.41. The van der Waals surface area contributed by atoms with Crippen LogP contribution in [0.3, 0.4) is 0 Å². The summed E-state index contributed by atoms with van der Waals surface area (Å²) in [6, 6.07) is -0.508. The molecule has 2 atom stereocenters. The van der Waals surface area contributed by atoms with E-state index in [1.165, 1.54) is 0 Å². The standard InChI is InChI=1S/C6H11NO4S/c7-5-3-12(10,11)2-4(5)1-6(8)9/h4-5H,1-3,7H2,(H,8,9)/t4-,5-/m1/s1. The molecule has 0 aromatic rings. The summed E-state index contributed by atoms with van der Waals surface area (Å²) in [5.74, 6) is -1.56. The molecule has 5 nitrogen and oxygen atoms in total. The molecule has 0 spiro atoms. The van der Waals surface area contributed by atoms with Crippen LogP contribution in [0.5, 0.6) is 0 Å². The Hall–Kier alpha value is -0.620. The molecule has 1 rings (SSSR count). The highest BCUT2D eigenvalue weighted by Crippen LogP contribution is 2.20. The van der Waals surface area contributed by atoms with Crippen molar-refractivity contribution >= 4 is 15.8 Å². The second-order valence-corrected chi connectivity index (χ2v) is 5.25. The molecule has 6 heteroatoms. The van der Waals surface area contributed by atoms with Gasteiger partial charge in [-0.2, -0.15) is 0 Å². The summed E-state index contributed by atoms with van der Waals surface area (Å²) in [4.78, 5) is 10.3. The van der Waals surface area contributed by atoms with Gasteiger partial charge in [-0.05, 0) is 5.92 Å². The molecule has 0 aromatic heterocycles. The van der Waals surface area contributed by atoms with E-state index in [0.717, 1.165) is 0 Å². The van der Waals surface area contributed by atoms with E-state index in [2.05, 4.69) is 0 Å². The third-order valence-corrected chi connectivity index (χ3v) is 3.79. The molecule has 3 N–H and O–H groups in total. The van der Waals surface area contributed by atoms with Crippen LogP contribution in [0.1, 0.15) is 6.42 Å². The molecule has 12 heavy (non-hydrogen) atoms. The largest absolute Gasteiger partial charge is 0.481 e. The van der Waals surface area contributed by atoms with Crippen LogP contribution in [0.15, 0.2) is 0 Å². The Kier molecular flexibility index (Phi) is 2.39. The first kappa shape index (κ1) is 9.47. The van der Waals surface area contributed by atoms with Crippen molar-refractivity contribution in [1.82, 2.24) is 0 Å². The Morgan fingerprint density at radius 1 is 1.50 bits per heavy atom. The van der Waals surface area contributed by atoms with E-state index in [1.54, 1.807) is 0 Å². The number of hydrogen-bond acceptors (Lipinski definition) is 4. The number of nitrogens with two attached hydrogens (primary N) is 1. The molecule has 1 fully saturated rings. The quantitative estimate of drug-likeness (QED) is 0.576. The number of hydrogen-bond donors (Lipinski definition) is 2. The maximum absolute atomic E-state index is 11.0. The number of carbonyl (C=O) groups is 1. The van der Waals surface area contributed by atoms with Crippen LogP contribution in [0.4, 0.5) is 0 Å². The molecule has 70 valence electrons.